The van der Waals surface area contributed by atoms with Crippen molar-refractivity contribution >= 4 is 29.5 Å². The molecule has 3 amide bonds. The van der Waals surface area contributed by atoms with E-state index in [4.69, 9.17) is 0 Å². The molecule has 33 heavy (non-hydrogen) atoms. The molecule has 0 saturated carbocycles. The SMILES string of the molecule is C=CCN(C)C(=O)[C@@H]1[C@@H]2CCC3(S2)C(C(=O)N(CC=C)CCCC)N([C@@H](CC)CO)C(=O)[C@H]13. The zero-order valence-corrected chi connectivity index (χ0v) is 21.1. The second-order valence-electron chi connectivity index (χ2n) is 9.48. The van der Waals surface area contributed by atoms with E-state index in [1.54, 1.807) is 45.7 Å². The second-order valence-corrected chi connectivity index (χ2v) is 11.1. The molecule has 3 saturated heterocycles. The molecule has 3 rings (SSSR count). The first-order valence-electron chi connectivity index (χ1n) is 12.2. The van der Waals surface area contributed by atoms with Gasteiger partial charge in [-0.25, -0.2) is 0 Å². The van der Waals surface area contributed by atoms with Crippen LogP contribution in [0.1, 0.15) is 46.0 Å². The molecule has 0 aromatic carbocycles. The van der Waals surface area contributed by atoms with E-state index in [2.05, 4.69) is 20.1 Å². The Hall–Kier alpha value is -1.80. The van der Waals surface area contributed by atoms with Crippen LogP contribution in [-0.4, -0.2) is 92.9 Å². The minimum absolute atomic E-state index is 0.0360. The summed E-state index contributed by atoms with van der Waals surface area (Å²) in [6, 6.07) is -1.11. The van der Waals surface area contributed by atoms with Crippen LogP contribution in [0.25, 0.3) is 0 Å². The molecule has 7 nitrogen and oxygen atoms in total. The number of carbonyl (C=O) groups is 3. The lowest BCUT2D eigenvalue weighted by molar-refractivity contribution is -0.146. The summed E-state index contributed by atoms with van der Waals surface area (Å²) >= 11 is 1.67. The van der Waals surface area contributed by atoms with Crippen LogP contribution < -0.4 is 0 Å². The number of rotatable bonds is 12. The highest BCUT2D eigenvalue weighted by molar-refractivity contribution is 8.02. The Labute approximate surface area is 202 Å². The zero-order chi connectivity index (χ0) is 24.3. The minimum atomic E-state index is -0.665. The van der Waals surface area contributed by atoms with E-state index in [-0.39, 0.29) is 29.6 Å². The van der Waals surface area contributed by atoms with Gasteiger partial charge in [-0.15, -0.1) is 24.9 Å². The van der Waals surface area contributed by atoms with Crippen LogP contribution in [0.3, 0.4) is 0 Å². The Kier molecular flexibility index (Phi) is 8.32. The maximum Gasteiger partial charge on any atom is 0.247 e. The van der Waals surface area contributed by atoms with E-state index in [0.29, 0.717) is 26.1 Å². The Morgan fingerprint density at radius 3 is 2.55 bits per heavy atom. The number of carbonyl (C=O) groups excluding carboxylic acids is 3. The average Bonchev–Trinajstić information content (AvgIpc) is 3.44. The zero-order valence-electron chi connectivity index (χ0n) is 20.2. The third-order valence-corrected chi connectivity index (χ3v) is 9.51. The summed E-state index contributed by atoms with van der Waals surface area (Å²) in [5, 5.41) is 10.2. The number of hydrogen-bond acceptors (Lipinski definition) is 5. The molecule has 0 aliphatic carbocycles. The molecule has 1 N–H and O–H groups in total. The highest BCUT2D eigenvalue weighted by atomic mass is 32.2. The van der Waals surface area contributed by atoms with Crippen molar-refractivity contribution in [3.05, 3.63) is 25.3 Å². The van der Waals surface area contributed by atoms with Crippen molar-refractivity contribution in [1.82, 2.24) is 14.7 Å². The topological polar surface area (TPSA) is 81.2 Å². The summed E-state index contributed by atoms with van der Waals surface area (Å²) in [4.78, 5) is 46.5. The van der Waals surface area contributed by atoms with E-state index in [1.807, 2.05) is 6.92 Å². The summed E-state index contributed by atoms with van der Waals surface area (Å²) in [7, 11) is 1.74. The summed E-state index contributed by atoms with van der Waals surface area (Å²) in [6.45, 7) is 12.8. The summed E-state index contributed by atoms with van der Waals surface area (Å²) in [5.41, 5.74) is 0. The van der Waals surface area contributed by atoms with Crippen LogP contribution in [0.4, 0.5) is 0 Å². The molecule has 0 aromatic rings. The molecule has 3 fully saturated rings. The first kappa shape index (κ1) is 25.8. The van der Waals surface area contributed by atoms with Gasteiger partial charge in [0.2, 0.25) is 17.7 Å². The lowest BCUT2D eigenvalue weighted by atomic mass is 9.70. The Morgan fingerprint density at radius 1 is 1.27 bits per heavy atom. The number of unbranched alkanes of at least 4 members (excludes halogenated alkanes) is 1. The van der Waals surface area contributed by atoms with Gasteiger partial charge in [-0.3, -0.25) is 14.4 Å². The molecular formula is C25H39N3O4S. The smallest absolute Gasteiger partial charge is 0.247 e. The molecule has 0 radical (unpaired) electrons. The highest BCUT2D eigenvalue weighted by Crippen LogP contribution is 2.67. The predicted octanol–water partition coefficient (Wildman–Crippen LogP) is 2.31. The van der Waals surface area contributed by atoms with Crippen LogP contribution in [-0.2, 0) is 14.4 Å². The molecule has 6 atom stereocenters. The predicted molar refractivity (Wildman–Crippen MR) is 132 cm³/mol. The Morgan fingerprint density at radius 2 is 1.97 bits per heavy atom. The van der Waals surface area contributed by atoms with Crippen molar-refractivity contribution in [2.45, 2.75) is 68.0 Å². The molecule has 8 heteroatoms. The van der Waals surface area contributed by atoms with Gasteiger partial charge in [-0.2, -0.15) is 0 Å². The molecule has 3 heterocycles. The number of thioether (sulfide) groups is 1. The van der Waals surface area contributed by atoms with Crippen molar-refractivity contribution < 1.29 is 19.5 Å². The van der Waals surface area contributed by atoms with Gasteiger partial charge in [0, 0.05) is 31.9 Å². The second kappa shape index (κ2) is 10.6. The first-order chi connectivity index (χ1) is 15.8. The monoisotopic (exact) mass is 477 g/mol. The lowest BCUT2D eigenvalue weighted by Crippen LogP contribution is -2.57. The summed E-state index contributed by atoms with van der Waals surface area (Å²) in [5.74, 6) is -1.25. The van der Waals surface area contributed by atoms with Gasteiger partial charge < -0.3 is 19.8 Å². The summed E-state index contributed by atoms with van der Waals surface area (Å²) in [6.07, 6.45) is 7.34. The number of amides is 3. The fraction of sp³-hybridized carbons (Fsp3) is 0.720. The standard InChI is InChI=1S/C25H39N3O4S/c1-6-10-15-27(14-8-3)24(32)21-25-12-11-18(33-25)19(22(30)26(5)13-7-2)20(25)23(31)28(21)17(9-4)16-29/h7-8,17-21,29H,2-3,6,9-16H2,1,4-5H3/t17-,18-,19+,20-,21?,25?/m0/s1. The maximum absolute atomic E-state index is 14.1. The van der Waals surface area contributed by atoms with Gasteiger partial charge in [-0.05, 0) is 25.7 Å². The Bertz CT molecular complexity index is 786. The van der Waals surface area contributed by atoms with Gasteiger partial charge >= 0.3 is 0 Å². The first-order valence-corrected chi connectivity index (χ1v) is 13.1. The molecule has 2 bridgehead atoms. The normalized spacial score (nSPS) is 30.8. The third-order valence-electron chi connectivity index (χ3n) is 7.55. The number of aliphatic hydroxyl groups excluding tert-OH is 1. The van der Waals surface area contributed by atoms with E-state index >= 15 is 0 Å². The molecule has 1 spiro atoms. The quantitative estimate of drug-likeness (QED) is 0.436. The van der Waals surface area contributed by atoms with E-state index < -0.39 is 28.7 Å². The summed E-state index contributed by atoms with van der Waals surface area (Å²) < 4.78 is -0.623. The number of likely N-dealkylation sites (tertiary alicyclic amines) is 1. The van der Waals surface area contributed by atoms with Crippen molar-refractivity contribution in [3.63, 3.8) is 0 Å². The molecule has 0 aromatic heterocycles. The molecule has 3 aliphatic heterocycles. The van der Waals surface area contributed by atoms with Gasteiger partial charge in [0.05, 0.1) is 29.2 Å². The van der Waals surface area contributed by atoms with Crippen molar-refractivity contribution in [2.75, 3.05) is 33.3 Å². The highest BCUT2D eigenvalue weighted by Gasteiger charge is 2.74. The minimum Gasteiger partial charge on any atom is -0.394 e. The number of aliphatic hydroxyl groups is 1. The van der Waals surface area contributed by atoms with Gasteiger partial charge in [0.15, 0.2) is 0 Å². The van der Waals surface area contributed by atoms with Gasteiger partial charge in [0.25, 0.3) is 0 Å². The van der Waals surface area contributed by atoms with E-state index in [0.717, 1.165) is 25.7 Å². The Balaban J connectivity index is 2.05. The van der Waals surface area contributed by atoms with Crippen molar-refractivity contribution in [3.8, 4) is 0 Å². The molecule has 184 valence electrons. The molecule has 2 unspecified atom stereocenters. The number of likely N-dealkylation sites (N-methyl/N-ethyl adjacent to an activating group) is 1. The van der Waals surface area contributed by atoms with Crippen LogP contribution >= 0.6 is 11.8 Å². The average molecular weight is 478 g/mol. The lowest BCUT2D eigenvalue weighted by Gasteiger charge is -2.39. The fourth-order valence-electron chi connectivity index (χ4n) is 5.97. The van der Waals surface area contributed by atoms with Crippen LogP contribution in [0, 0.1) is 11.8 Å². The third kappa shape index (κ3) is 4.25. The van der Waals surface area contributed by atoms with Gasteiger partial charge in [0.1, 0.15) is 6.04 Å². The molecular weight excluding hydrogens is 438 g/mol. The van der Waals surface area contributed by atoms with Crippen LogP contribution in [0.5, 0.6) is 0 Å². The largest absolute Gasteiger partial charge is 0.394 e. The molecule has 3 aliphatic rings. The van der Waals surface area contributed by atoms with Crippen molar-refractivity contribution in [1.29, 1.82) is 0 Å². The van der Waals surface area contributed by atoms with E-state index in [9.17, 15) is 19.5 Å². The maximum atomic E-state index is 14.1. The van der Waals surface area contributed by atoms with Gasteiger partial charge in [-0.1, -0.05) is 32.4 Å². The number of hydrogen-bond donors (Lipinski definition) is 1. The van der Waals surface area contributed by atoms with Crippen LogP contribution in [0.2, 0.25) is 0 Å². The number of nitrogens with zero attached hydrogens (tertiary/aromatic N) is 3. The van der Waals surface area contributed by atoms with Crippen LogP contribution in [0.15, 0.2) is 25.3 Å². The fourth-order valence-corrected chi connectivity index (χ4v) is 8.16. The van der Waals surface area contributed by atoms with E-state index in [1.165, 1.54) is 0 Å². The van der Waals surface area contributed by atoms with Crippen molar-refractivity contribution in [2.24, 2.45) is 11.8 Å². The number of fused-ring (bicyclic) bond motifs is 1.